The van der Waals surface area contributed by atoms with Crippen LogP contribution in [-0.4, -0.2) is 48.1 Å². The number of hydrogen-bond acceptors (Lipinski definition) is 5. The molecule has 2 aliphatic rings. The number of pyridine rings is 1. The van der Waals surface area contributed by atoms with E-state index in [1.807, 2.05) is 33.0 Å². The van der Waals surface area contributed by atoms with Crippen LogP contribution < -0.4 is 0 Å². The van der Waals surface area contributed by atoms with Crippen molar-refractivity contribution in [2.45, 2.75) is 76.9 Å². The first-order valence-corrected chi connectivity index (χ1v) is 16.2. The minimum Gasteiger partial charge on any atom is -0.444 e. The van der Waals surface area contributed by atoms with Gasteiger partial charge in [0.05, 0.1) is 33.8 Å². The van der Waals surface area contributed by atoms with Crippen LogP contribution in [0.2, 0.25) is 0 Å². The van der Waals surface area contributed by atoms with Gasteiger partial charge in [-0.3, -0.25) is 9.88 Å². The number of nitrogens with zero attached hydrogens (tertiary/aromatic N) is 4. The minimum absolute atomic E-state index is 0.119. The van der Waals surface area contributed by atoms with E-state index in [1.54, 1.807) is 4.90 Å². The first-order valence-electron chi connectivity index (χ1n) is 16.2. The van der Waals surface area contributed by atoms with Gasteiger partial charge in [0.1, 0.15) is 17.2 Å². The van der Waals surface area contributed by atoms with Gasteiger partial charge in [0, 0.05) is 29.6 Å². The Bertz CT molecular complexity index is 2060. The summed E-state index contributed by atoms with van der Waals surface area (Å²) in [6.45, 7) is 6.35. The largest absolute Gasteiger partial charge is 0.444 e. The van der Waals surface area contributed by atoms with Gasteiger partial charge in [-0.25, -0.2) is 14.8 Å². The van der Waals surface area contributed by atoms with Crippen molar-refractivity contribution >= 4 is 38.9 Å². The summed E-state index contributed by atoms with van der Waals surface area (Å²) in [6, 6.07) is 21.3. The van der Waals surface area contributed by atoms with Crippen LogP contribution in [0, 0.1) is 0 Å². The Morgan fingerprint density at radius 3 is 2.22 bits per heavy atom. The lowest BCUT2D eigenvalue weighted by atomic mass is 10.0. The van der Waals surface area contributed by atoms with E-state index in [0.717, 1.165) is 74.2 Å². The van der Waals surface area contributed by atoms with Gasteiger partial charge in [0.15, 0.2) is 0 Å². The third-order valence-corrected chi connectivity index (χ3v) is 9.29. The number of aromatic amines is 2. The summed E-state index contributed by atoms with van der Waals surface area (Å²) in [5, 5.41) is 2.24. The fraction of sp³-hybridized carbons (Fsp3) is 0.351. The number of likely N-dealkylation sites (tertiary alicyclic amines) is 1. The monoisotopic (exact) mass is 598 g/mol. The molecule has 1 atom stereocenters. The zero-order chi connectivity index (χ0) is 30.7. The van der Waals surface area contributed by atoms with Gasteiger partial charge in [-0.05, 0) is 99.4 Å². The Morgan fingerprint density at radius 2 is 1.44 bits per heavy atom. The molecule has 4 heterocycles. The topological polar surface area (TPSA) is 99.8 Å². The summed E-state index contributed by atoms with van der Waals surface area (Å²) in [6.07, 6.45) is 8.53. The second-order valence-electron chi connectivity index (χ2n) is 13.7. The number of carbonyl (C=O) groups excluding carboxylic acids is 1. The lowest BCUT2D eigenvalue weighted by molar-refractivity contribution is 0.0219. The second-order valence-corrected chi connectivity index (χ2v) is 13.7. The van der Waals surface area contributed by atoms with E-state index in [1.165, 1.54) is 31.2 Å². The van der Waals surface area contributed by atoms with Gasteiger partial charge in [0.25, 0.3) is 0 Å². The van der Waals surface area contributed by atoms with Crippen molar-refractivity contribution in [3.05, 3.63) is 78.5 Å². The number of imidazole rings is 2. The molecule has 0 radical (unpaired) electrons. The molecule has 8 rings (SSSR count). The number of amides is 1. The fourth-order valence-corrected chi connectivity index (χ4v) is 7.02. The number of hydrogen-bond donors (Lipinski definition) is 2. The Hall–Kier alpha value is -4.72. The molecule has 2 N–H and O–H groups in total. The van der Waals surface area contributed by atoms with Gasteiger partial charge in [-0.15, -0.1) is 0 Å². The van der Waals surface area contributed by atoms with Crippen LogP contribution in [-0.2, 0) is 4.74 Å². The zero-order valence-electron chi connectivity index (χ0n) is 26.1. The van der Waals surface area contributed by atoms with Crippen LogP contribution in [0.15, 0.2) is 66.9 Å². The summed E-state index contributed by atoms with van der Waals surface area (Å²) in [5.41, 5.74) is 7.67. The Labute approximate surface area is 262 Å². The molecule has 1 unspecified atom stereocenters. The number of nitrogens with one attached hydrogen (secondary N) is 2. The van der Waals surface area contributed by atoms with E-state index in [2.05, 4.69) is 64.6 Å². The summed E-state index contributed by atoms with van der Waals surface area (Å²) < 4.78 is 5.66. The number of carbonyl (C=O) groups is 1. The Balaban J connectivity index is 1.04. The zero-order valence-corrected chi connectivity index (χ0v) is 26.1. The van der Waals surface area contributed by atoms with Gasteiger partial charge >= 0.3 is 6.09 Å². The standard InChI is InChI=1S/C37H38N6O2/c1-37(2,3)45-36(44)43-16-6-9-33(43)35-40-29-15-13-26(20-32(29)42-35)30-18-25-11-10-23(17-27(25)21-38-30)24-12-14-28-31(19-24)41-34(39-28)22-7-4-5-8-22/h10-15,17-22,33H,4-9,16H2,1-3H3,(H,39,41)(H,40,42). The second kappa shape index (κ2) is 10.7. The van der Waals surface area contributed by atoms with E-state index >= 15 is 0 Å². The van der Waals surface area contributed by atoms with E-state index in [-0.39, 0.29) is 12.1 Å². The predicted molar refractivity (Wildman–Crippen MR) is 178 cm³/mol. The van der Waals surface area contributed by atoms with E-state index < -0.39 is 5.60 Å². The molecule has 2 fully saturated rings. The number of rotatable bonds is 4. The lowest BCUT2D eigenvalue weighted by Crippen LogP contribution is -2.36. The maximum atomic E-state index is 12.9. The Morgan fingerprint density at radius 1 is 0.778 bits per heavy atom. The molecule has 0 bridgehead atoms. The molecule has 1 saturated carbocycles. The molecule has 228 valence electrons. The molecule has 45 heavy (non-hydrogen) atoms. The first-order chi connectivity index (χ1) is 21.8. The van der Waals surface area contributed by atoms with Gasteiger partial charge in [-0.2, -0.15) is 0 Å². The number of ether oxygens (including phenoxy) is 1. The quantitative estimate of drug-likeness (QED) is 0.211. The predicted octanol–water partition coefficient (Wildman–Crippen LogP) is 9.05. The van der Waals surface area contributed by atoms with Crippen LogP contribution in [0.25, 0.3) is 55.2 Å². The maximum Gasteiger partial charge on any atom is 0.410 e. The van der Waals surface area contributed by atoms with E-state index in [9.17, 15) is 4.79 Å². The maximum absolute atomic E-state index is 12.9. The smallest absolute Gasteiger partial charge is 0.410 e. The summed E-state index contributed by atoms with van der Waals surface area (Å²) in [7, 11) is 0. The lowest BCUT2D eigenvalue weighted by Gasteiger charge is -2.27. The van der Waals surface area contributed by atoms with Crippen molar-refractivity contribution in [3.8, 4) is 22.4 Å². The molecule has 3 aromatic heterocycles. The molecular weight excluding hydrogens is 560 g/mol. The van der Waals surface area contributed by atoms with Gasteiger partial charge in [-0.1, -0.05) is 37.1 Å². The average molecular weight is 599 g/mol. The number of benzene rings is 3. The molecular formula is C37H38N6O2. The molecule has 1 saturated heterocycles. The van der Waals surface area contributed by atoms with Crippen molar-refractivity contribution in [2.75, 3.05) is 6.54 Å². The summed E-state index contributed by atoms with van der Waals surface area (Å²) in [5.74, 6) is 2.51. The minimum atomic E-state index is -0.533. The third-order valence-electron chi connectivity index (χ3n) is 9.29. The highest BCUT2D eigenvalue weighted by molar-refractivity contribution is 5.91. The highest BCUT2D eigenvalue weighted by Crippen LogP contribution is 2.36. The molecule has 0 spiro atoms. The third kappa shape index (κ3) is 5.32. The molecule has 8 nitrogen and oxygen atoms in total. The van der Waals surface area contributed by atoms with Crippen LogP contribution in [0.3, 0.4) is 0 Å². The van der Waals surface area contributed by atoms with Crippen LogP contribution in [0.4, 0.5) is 4.79 Å². The van der Waals surface area contributed by atoms with Crippen LogP contribution in [0.5, 0.6) is 0 Å². The Kier molecular flexibility index (Phi) is 6.62. The number of H-pyrrole nitrogens is 2. The summed E-state index contributed by atoms with van der Waals surface area (Å²) >= 11 is 0. The normalized spacial score (nSPS) is 17.7. The van der Waals surface area contributed by atoms with Gasteiger partial charge in [0.2, 0.25) is 0 Å². The highest BCUT2D eigenvalue weighted by atomic mass is 16.6. The van der Waals surface area contributed by atoms with E-state index in [0.29, 0.717) is 12.5 Å². The van der Waals surface area contributed by atoms with E-state index in [4.69, 9.17) is 19.7 Å². The number of fused-ring (bicyclic) bond motifs is 3. The van der Waals surface area contributed by atoms with Crippen molar-refractivity contribution in [1.29, 1.82) is 0 Å². The van der Waals surface area contributed by atoms with Gasteiger partial charge < -0.3 is 14.7 Å². The molecule has 8 heteroatoms. The van der Waals surface area contributed by atoms with Crippen molar-refractivity contribution < 1.29 is 9.53 Å². The average Bonchev–Trinajstić information content (AvgIpc) is 3.84. The molecule has 1 aliphatic heterocycles. The molecule has 6 aromatic rings. The fourth-order valence-electron chi connectivity index (χ4n) is 7.02. The van der Waals surface area contributed by atoms with Crippen molar-refractivity contribution in [2.24, 2.45) is 0 Å². The van der Waals surface area contributed by atoms with Crippen molar-refractivity contribution in [1.82, 2.24) is 29.8 Å². The van der Waals surface area contributed by atoms with Crippen molar-refractivity contribution in [3.63, 3.8) is 0 Å². The van der Waals surface area contributed by atoms with Crippen LogP contribution in [0.1, 0.15) is 82.9 Å². The molecule has 3 aromatic carbocycles. The SMILES string of the molecule is CC(C)(C)OC(=O)N1CCCC1c1nc2ccc(-c3cc4ccc(-c5ccc6nc(C7CCCC7)[nH]c6c5)cc4cn3)cc2[nH]1. The molecule has 1 aliphatic carbocycles. The summed E-state index contributed by atoms with van der Waals surface area (Å²) in [4.78, 5) is 36.3. The highest BCUT2D eigenvalue weighted by Gasteiger charge is 2.35. The first kappa shape index (κ1) is 27.8. The number of aromatic nitrogens is 5. The van der Waals surface area contributed by atoms with Crippen LogP contribution >= 0.6 is 0 Å². The molecule has 1 amide bonds.